The number of allylic oxidation sites excluding steroid dienone is 4. The molecule has 48 heavy (non-hydrogen) atoms. The molecule has 2 N–H and O–H groups in total. The fraction of sp³-hybridized carbons (Fsp3) is 0.611. The second-order valence-corrected chi connectivity index (χ2v) is 16.6. The van der Waals surface area contributed by atoms with Crippen LogP contribution >= 0.6 is 11.6 Å². The van der Waals surface area contributed by atoms with Crippen LogP contribution in [0.15, 0.2) is 53.6 Å². The van der Waals surface area contributed by atoms with Crippen molar-refractivity contribution in [1.29, 1.82) is 0 Å². The van der Waals surface area contributed by atoms with Crippen molar-refractivity contribution in [3.63, 3.8) is 0 Å². The molecule has 12 heteroatoms. The Bertz CT molecular complexity index is 1560. The molecule has 0 saturated heterocycles. The number of aliphatic hydroxyl groups is 1. The lowest BCUT2D eigenvalue weighted by Gasteiger charge is -2.50. The summed E-state index contributed by atoms with van der Waals surface area (Å²) in [5.74, 6) is -0.775. The summed E-state index contributed by atoms with van der Waals surface area (Å²) >= 11 is 6.37. The maximum Gasteiger partial charge on any atom is 0.264 e. The maximum absolute atomic E-state index is 13.5. The lowest BCUT2D eigenvalue weighted by Crippen LogP contribution is -2.60. The zero-order chi connectivity index (χ0) is 34.8. The van der Waals surface area contributed by atoms with Crippen molar-refractivity contribution in [1.82, 2.24) is 9.62 Å². The molecule has 264 valence electrons. The van der Waals surface area contributed by atoms with E-state index in [-0.39, 0.29) is 35.1 Å². The summed E-state index contributed by atoms with van der Waals surface area (Å²) in [6.45, 7) is 4.97. The van der Waals surface area contributed by atoms with E-state index in [1.807, 2.05) is 6.08 Å². The summed E-state index contributed by atoms with van der Waals surface area (Å²) in [4.78, 5) is 30.5. The number of hydrogen-bond donors (Lipinski definition) is 2. The van der Waals surface area contributed by atoms with Gasteiger partial charge in [0.05, 0.1) is 17.5 Å². The van der Waals surface area contributed by atoms with Crippen molar-refractivity contribution >= 4 is 39.1 Å². The predicted octanol–water partition coefficient (Wildman–Crippen LogP) is 4.89. The molecule has 1 saturated carbocycles. The minimum absolute atomic E-state index is 0.000363. The van der Waals surface area contributed by atoms with Crippen LogP contribution in [0.5, 0.6) is 5.75 Å². The molecule has 2 aliphatic carbocycles. The van der Waals surface area contributed by atoms with Crippen LogP contribution in [0, 0.1) is 29.6 Å². The first-order chi connectivity index (χ1) is 22.7. The first-order valence-corrected chi connectivity index (χ1v) is 18.9. The summed E-state index contributed by atoms with van der Waals surface area (Å²) in [5, 5.41) is 12.3. The van der Waals surface area contributed by atoms with E-state index in [1.165, 1.54) is 12.0 Å². The average Bonchev–Trinajstić information content (AvgIpc) is 3.05. The molecule has 1 aromatic rings. The molecule has 0 aromatic heterocycles. The van der Waals surface area contributed by atoms with Crippen LogP contribution in [-0.2, 0) is 19.6 Å². The minimum Gasteiger partial charge on any atom is -0.491 e. The van der Waals surface area contributed by atoms with Crippen LogP contribution < -0.4 is 14.4 Å². The molecule has 3 unspecified atom stereocenters. The second kappa shape index (κ2) is 14.9. The highest BCUT2D eigenvalue weighted by atomic mass is 35.5. The van der Waals surface area contributed by atoms with Crippen molar-refractivity contribution in [3.8, 4) is 5.75 Å². The van der Waals surface area contributed by atoms with E-state index in [2.05, 4.69) is 21.8 Å². The Hall–Kier alpha value is -2.86. The quantitative estimate of drug-likeness (QED) is 0.427. The number of likely N-dealkylation sites (N-methyl/N-ethyl adjacent to an activating group) is 1. The molecule has 10 nitrogen and oxygen atoms in total. The van der Waals surface area contributed by atoms with E-state index in [4.69, 9.17) is 21.1 Å². The second-order valence-electron chi connectivity index (χ2n) is 14.1. The van der Waals surface area contributed by atoms with Gasteiger partial charge in [0.15, 0.2) is 6.10 Å². The van der Waals surface area contributed by atoms with Crippen LogP contribution in [-0.4, -0.2) is 88.1 Å². The standard InChI is InChI=1S/C36H50ClN3O7S/c1-23-9-8-17-36(43,33(46-5)35(42)39(3)4)30-15-12-27(30)21-40-18-7-6-10-25-19-29(37)14-11-28(25)22-47-32-16-13-26(20-31(32)40)34(41)38-48(44,45)24(23)2/h8,11,13-14,16-17,19-20,23-25,27-28,30,33,43H,6-7,9-10,12,15,18,21-22H2,1-5H3,(H,38,41)/b17-8+/t23?,24-,25?,27+,28?,30-,33-,36-/m1/s1. The van der Waals surface area contributed by atoms with Crippen molar-refractivity contribution < 1.29 is 32.6 Å². The predicted molar refractivity (Wildman–Crippen MR) is 187 cm³/mol. The van der Waals surface area contributed by atoms with E-state index in [9.17, 15) is 23.1 Å². The van der Waals surface area contributed by atoms with Crippen molar-refractivity contribution in [3.05, 3.63) is 59.2 Å². The Morgan fingerprint density at radius 1 is 1.19 bits per heavy atom. The summed E-state index contributed by atoms with van der Waals surface area (Å²) in [5.41, 5.74) is -0.719. The first-order valence-electron chi connectivity index (χ1n) is 17.0. The number of methoxy groups -OCH3 is 1. The fourth-order valence-corrected chi connectivity index (χ4v) is 9.00. The van der Waals surface area contributed by atoms with Gasteiger partial charge < -0.3 is 24.4 Å². The normalized spacial score (nSPS) is 33.6. The molecule has 1 fully saturated rings. The molecular weight excluding hydrogens is 654 g/mol. The van der Waals surface area contributed by atoms with Crippen LogP contribution in [0.2, 0.25) is 0 Å². The largest absolute Gasteiger partial charge is 0.491 e. The Balaban J connectivity index is 1.59. The fourth-order valence-electron chi connectivity index (χ4n) is 7.48. The number of carbonyl (C=O) groups excluding carboxylic acids is 2. The van der Waals surface area contributed by atoms with Gasteiger partial charge >= 0.3 is 0 Å². The third kappa shape index (κ3) is 7.64. The number of benzene rings is 1. The van der Waals surface area contributed by atoms with E-state index >= 15 is 0 Å². The lowest BCUT2D eigenvalue weighted by atomic mass is 9.62. The van der Waals surface area contributed by atoms with Gasteiger partial charge in [0, 0.05) is 50.8 Å². The number of halogens is 1. The summed E-state index contributed by atoms with van der Waals surface area (Å²) < 4.78 is 41.3. The number of nitrogens with one attached hydrogen (secondary N) is 1. The van der Waals surface area contributed by atoms with Crippen molar-refractivity contribution in [2.24, 2.45) is 29.6 Å². The molecule has 1 aromatic carbocycles. The molecule has 5 rings (SSSR count). The van der Waals surface area contributed by atoms with Crippen LogP contribution in [0.1, 0.15) is 62.7 Å². The molecule has 2 aliphatic heterocycles. The highest BCUT2D eigenvalue weighted by Crippen LogP contribution is 2.47. The number of carbonyl (C=O) groups is 2. The molecule has 0 spiro atoms. The van der Waals surface area contributed by atoms with Gasteiger partial charge in [-0.3, -0.25) is 9.59 Å². The van der Waals surface area contributed by atoms with Crippen molar-refractivity contribution in [2.45, 2.75) is 69.3 Å². The summed E-state index contributed by atoms with van der Waals surface area (Å²) in [6, 6.07) is 5.07. The molecule has 2 heterocycles. The first kappa shape index (κ1) is 36.4. The maximum atomic E-state index is 13.5. The van der Waals surface area contributed by atoms with Gasteiger partial charge in [-0.1, -0.05) is 49.2 Å². The number of hydrogen-bond acceptors (Lipinski definition) is 8. The van der Waals surface area contributed by atoms with Gasteiger partial charge in [0.2, 0.25) is 10.0 Å². The van der Waals surface area contributed by atoms with Gasteiger partial charge in [-0.05, 0) is 87.0 Å². The Kier molecular flexibility index (Phi) is 11.3. The number of nitrogens with zero attached hydrogens (tertiary/aromatic N) is 2. The Labute approximate surface area is 290 Å². The van der Waals surface area contributed by atoms with Gasteiger partial charge in [0.25, 0.3) is 11.8 Å². The SMILES string of the molecule is CO[C@H](C(=O)N(C)C)[C@@]1(O)/C=C/CC(C)[C@@H](C)S(=O)(=O)NC(=O)c2ccc3c(c2)N(CCCCC2C=C(Cl)C=CC2CO3)C[C@@H]2CC[C@H]21. The van der Waals surface area contributed by atoms with Crippen LogP contribution in [0.25, 0.3) is 0 Å². The number of anilines is 1. The molecule has 2 amide bonds. The van der Waals surface area contributed by atoms with E-state index < -0.39 is 38.8 Å². The smallest absolute Gasteiger partial charge is 0.264 e. The lowest BCUT2D eigenvalue weighted by molar-refractivity contribution is -0.168. The zero-order valence-corrected chi connectivity index (χ0v) is 30.2. The van der Waals surface area contributed by atoms with Crippen LogP contribution in [0.4, 0.5) is 5.69 Å². The van der Waals surface area contributed by atoms with Crippen molar-refractivity contribution in [2.75, 3.05) is 45.8 Å². The molecular formula is C36H50ClN3O7S. The monoisotopic (exact) mass is 703 g/mol. The van der Waals surface area contributed by atoms with Gasteiger partial charge in [-0.2, -0.15) is 0 Å². The molecule has 4 aliphatic rings. The molecule has 8 atom stereocenters. The third-order valence-corrected chi connectivity index (χ3v) is 13.0. The zero-order valence-electron chi connectivity index (χ0n) is 28.6. The topological polar surface area (TPSA) is 125 Å². The third-order valence-electron chi connectivity index (χ3n) is 10.8. The summed E-state index contributed by atoms with van der Waals surface area (Å²) in [6.07, 6.45) is 12.9. The summed E-state index contributed by atoms with van der Waals surface area (Å²) in [7, 11) is 0.655. The minimum atomic E-state index is -4.05. The molecule has 0 radical (unpaired) electrons. The number of sulfonamides is 1. The van der Waals surface area contributed by atoms with E-state index in [0.717, 1.165) is 30.7 Å². The highest BCUT2D eigenvalue weighted by molar-refractivity contribution is 7.90. The average molecular weight is 704 g/mol. The van der Waals surface area contributed by atoms with E-state index in [0.29, 0.717) is 44.0 Å². The number of fused-ring (bicyclic) bond motifs is 3. The number of ether oxygens (including phenoxy) is 2. The Morgan fingerprint density at radius 3 is 2.65 bits per heavy atom. The molecule has 2 bridgehead atoms. The highest BCUT2D eigenvalue weighted by Gasteiger charge is 2.53. The number of amides is 2. The Morgan fingerprint density at radius 2 is 1.96 bits per heavy atom. The van der Waals surface area contributed by atoms with Gasteiger partial charge in [-0.15, -0.1) is 0 Å². The van der Waals surface area contributed by atoms with Crippen LogP contribution in [0.3, 0.4) is 0 Å². The van der Waals surface area contributed by atoms with Gasteiger partial charge in [0.1, 0.15) is 11.4 Å². The number of rotatable bonds is 3. The van der Waals surface area contributed by atoms with Gasteiger partial charge in [-0.25, -0.2) is 13.1 Å². The van der Waals surface area contributed by atoms with E-state index in [1.54, 1.807) is 58.3 Å².